The highest BCUT2D eigenvalue weighted by Crippen LogP contribution is 2.10. The Balaban J connectivity index is 0. The average Bonchev–Trinajstić information content (AvgIpc) is 2.82. The first kappa shape index (κ1) is 35.2. The van der Waals surface area contributed by atoms with E-state index in [0.29, 0.717) is 45.9 Å². The molecule has 0 aromatic heterocycles. The van der Waals surface area contributed by atoms with E-state index in [-0.39, 0.29) is 6.10 Å². The van der Waals surface area contributed by atoms with Crippen LogP contribution in [0.3, 0.4) is 0 Å². The minimum absolute atomic E-state index is 0.172. The largest absolute Gasteiger partial charge is 0.639 e. The maximum Gasteiger partial charge on any atom is 0.639 e. The molecule has 0 spiro atoms. The van der Waals surface area contributed by atoms with Gasteiger partial charge in [-0.2, -0.15) is 0 Å². The minimum Gasteiger partial charge on any atom is -0.481 e. The van der Waals surface area contributed by atoms with Crippen LogP contribution in [0.4, 0.5) is 0 Å². The third kappa shape index (κ3) is 31.0. The number of hydrogen-bond acceptors (Lipinski definition) is 8. The van der Waals surface area contributed by atoms with Crippen LogP contribution in [0, 0.1) is 0 Å². The summed E-state index contributed by atoms with van der Waals surface area (Å²) in [5, 5.41) is 18.3. The van der Waals surface area contributed by atoms with Crippen molar-refractivity contribution in [3.8, 4) is 0 Å². The molecular weight excluding hydrogens is 437 g/mol. The summed E-state index contributed by atoms with van der Waals surface area (Å²) in [4.78, 5) is 10.3. The van der Waals surface area contributed by atoms with Crippen LogP contribution in [0.5, 0.6) is 0 Å². The van der Waals surface area contributed by atoms with E-state index in [0.717, 1.165) is 51.4 Å². The third-order valence-corrected chi connectivity index (χ3v) is 4.84. The molecule has 0 unspecified atom stereocenters. The van der Waals surface area contributed by atoms with Gasteiger partial charge in [-0.3, -0.25) is 4.79 Å². The van der Waals surface area contributed by atoms with E-state index in [9.17, 15) is 9.90 Å². The lowest BCUT2D eigenvalue weighted by molar-refractivity contribution is -0.137. The van der Waals surface area contributed by atoms with Gasteiger partial charge in [-0.15, -0.1) is 0 Å². The number of nitrogens with two attached hydrogens (primary N) is 3. The van der Waals surface area contributed by atoms with Gasteiger partial charge in [0.05, 0.1) is 6.10 Å². The van der Waals surface area contributed by atoms with Crippen molar-refractivity contribution in [1.82, 2.24) is 0 Å². The van der Waals surface area contributed by atoms with Gasteiger partial charge < -0.3 is 41.4 Å². The summed E-state index contributed by atoms with van der Waals surface area (Å²) in [6, 6.07) is 0. The van der Waals surface area contributed by atoms with Crippen LogP contribution in [0.2, 0.25) is 0 Å². The number of hydrogen-bond donors (Lipinski definition) is 5. The topological polar surface area (TPSA) is 163 Å². The second-order valence-corrected chi connectivity index (χ2v) is 8.18. The van der Waals surface area contributed by atoms with Crippen LogP contribution in [0.1, 0.15) is 90.4 Å². The number of carbonyl (C=O) groups is 1. The summed E-state index contributed by atoms with van der Waals surface area (Å²) in [7, 11) is -0.698. The average molecular weight is 490 g/mol. The number of aliphatic carboxylic acids is 1. The van der Waals surface area contributed by atoms with Gasteiger partial charge in [0.1, 0.15) is 0 Å². The number of unbranched alkanes of at least 4 members (excludes halogenated alkanes) is 8. The molecule has 0 bridgehead atoms. The van der Waals surface area contributed by atoms with Crippen molar-refractivity contribution >= 4 is 13.3 Å². The molecule has 0 rings (SSSR count). The third-order valence-electron chi connectivity index (χ3n) is 4.84. The second-order valence-electron chi connectivity index (χ2n) is 8.18. The SMILES string of the molecule is CCCCCC[C@@H](O)C/C=C\CCCCCCCC(=O)O.NCCOB(OCCN)OCCN. The van der Waals surface area contributed by atoms with Crippen molar-refractivity contribution < 1.29 is 29.0 Å². The molecular formula is C24H52BN3O6. The van der Waals surface area contributed by atoms with Gasteiger partial charge in [0.15, 0.2) is 0 Å². The molecule has 0 saturated heterocycles. The fourth-order valence-corrected chi connectivity index (χ4v) is 3.00. The van der Waals surface area contributed by atoms with Crippen LogP contribution in [0.25, 0.3) is 0 Å². The fourth-order valence-electron chi connectivity index (χ4n) is 3.00. The Bertz CT molecular complexity index is 428. The van der Waals surface area contributed by atoms with Gasteiger partial charge in [-0.1, -0.05) is 64.0 Å². The molecule has 0 heterocycles. The molecule has 9 nitrogen and oxygen atoms in total. The van der Waals surface area contributed by atoms with E-state index in [2.05, 4.69) is 19.1 Å². The summed E-state index contributed by atoms with van der Waals surface area (Å²) in [6.07, 6.45) is 17.4. The highest BCUT2D eigenvalue weighted by Gasteiger charge is 2.19. The Labute approximate surface area is 207 Å². The lowest BCUT2D eigenvalue weighted by Gasteiger charge is -2.12. The number of carboxylic acids is 1. The van der Waals surface area contributed by atoms with Gasteiger partial charge in [0.25, 0.3) is 0 Å². The molecule has 10 heteroatoms. The Hall–Kier alpha value is -1.01. The smallest absolute Gasteiger partial charge is 0.481 e. The molecule has 202 valence electrons. The predicted octanol–water partition coefficient (Wildman–Crippen LogP) is 2.98. The molecule has 1 atom stereocenters. The van der Waals surface area contributed by atoms with Crippen molar-refractivity contribution in [2.75, 3.05) is 39.5 Å². The van der Waals surface area contributed by atoms with Gasteiger partial charge in [-0.25, -0.2) is 0 Å². The van der Waals surface area contributed by atoms with Gasteiger partial charge in [0, 0.05) is 45.9 Å². The van der Waals surface area contributed by atoms with Gasteiger partial charge >= 0.3 is 13.3 Å². The molecule has 8 N–H and O–H groups in total. The minimum atomic E-state index is -0.698. The molecule has 0 amide bonds. The first-order valence-electron chi connectivity index (χ1n) is 13.0. The summed E-state index contributed by atoms with van der Waals surface area (Å²) in [5.74, 6) is -0.689. The summed E-state index contributed by atoms with van der Waals surface area (Å²) in [5.41, 5.74) is 15.7. The quantitative estimate of drug-likeness (QED) is 0.0779. The van der Waals surface area contributed by atoms with E-state index >= 15 is 0 Å². The van der Waals surface area contributed by atoms with E-state index in [4.69, 9.17) is 36.3 Å². The number of carboxylic acid groups (broad SMARTS) is 1. The Morgan fingerprint density at radius 3 is 1.88 bits per heavy atom. The number of aliphatic hydroxyl groups is 1. The standard InChI is InChI=1S/C18H34O3.C6H18BN3O3/c1-2-3-4-11-14-17(19)15-12-9-7-5-6-8-10-13-16-18(20)21;8-1-4-11-7(12-5-2-9)13-6-3-10/h9,12,17,19H,2-8,10-11,13-16H2,1H3,(H,20,21);1-6,8-10H2/b12-9-;/t17-;/m1./s1. The lowest BCUT2D eigenvalue weighted by Crippen LogP contribution is -2.33. The normalized spacial score (nSPS) is 11.9. The van der Waals surface area contributed by atoms with E-state index in [1.165, 1.54) is 25.7 Å². The van der Waals surface area contributed by atoms with Crippen LogP contribution in [-0.2, 0) is 18.8 Å². The van der Waals surface area contributed by atoms with Gasteiger partial charge in [0.2, 0.25) is 0 Å². The summed E-state index contributed by atoms with van der Waals surface area (Å²) < 4.78 is 15.3. The van der Waals surface area contributed by atoms with Crippen LogP contribution in [0.15, 0.2) is 12.2 Å². The number of rotatable bonds is 24. The molecule has 0 fully saturated rings. The predicted molar refractivity (Wildman–Crippen MR) is 139 cm³/mol. The summed E-state index contributed by atoms with van der Waals surface area (Å²) >= 11 is 0. The maximum atomic E-state index is 10.3. The first-order chi connectivity index (χ1) is 16.5. The molecule has 0 saturated carbocycles. The molecule has 34 heavy (non-hydrogen) atoms. The van der Waals surface area contributed by atoms with E-state index < -0.39 is 13.3 Å². The second kappa shape index (κ2) is 30.0. The zero-order valence-electron chi connectivity index (χ0n) is 21.5. The van der Waals surface area contributed by atoms with Crippen molar-refractivity contribution in [2.24, 2.45) is 17.2 Å². The first-order valence-corrected chi connectivity index (χ1v) is 13.0. The Morgan fingerprint density at radius 1 is 0.824 bits per heavy atom. The molecule has 0 aliphatic carbocycles. The van der Waals surface area contributed by atoms with E-state index in [1.54, 1.807) is 0 Å². The number of allylic oxidation sites excluding steroid dienone is 1. The fraction of sp³-hybridized carbons (Fsp3) is 0.875. The van der Waals surface area contributed by atoms with Gasteiger partial charge in [-0.05, 0) is 32.1 Å². The van der Waals surface area contributed by atoms with Crippen molar-refractivity contribution in [3.05, 3.63) is 12.2 Å². The monoisotopic (exact) mass is 489 g/mol. The van der Waals surface area contributed by atoms with Crippen molar-refractivity contribution in [2.45, 2.75) is 96.5 Å². The summed E-state index contributed by atoms with van der Waals surface area (Å²) in [6.45, 7) is 4.64. The lowest BCUT2D eigenvalue weighted by atomic mass is 10.1. The van der Waals surface area contributed by atoms with Crippen LogP contribution < -0.4 is 17.2 Å². The highest BCUT2D eigenvalue weighted by molar-refractivity contribution is 6.36. The van der Waals surface area contributed by atoms with E-state index in [1.807, 2.05) is 0 Å². The maximum absolute atomic E-state index is 10.3. The Kier molecular flexibility index (Phi) is 31.0. The Morgan fingerprint density at radius 2 is 1.35 bits per heavy atom. The van der Waals surface area contributed by atoms with Crippen LogP contribution >= 0.6 is 0 Å². The molecule has 0 aliphatic heterocycles. The molecule has 0 radical (unpaired) electrons. The number of aliphatic hydroxyl groups excluding tert-OH is 1. The highest BCUT2D eigenvalue weighted by atomic mass is 16.7. The van der Waals surface area contributed by atoms with Crippen LogP contribution in [-0.4, -0.2) is 69.1 Å². The molecule has 0 aromatic carbocycles. The van der Waals surface area contributed by atoms with Crippen molar-refractivity contribution in [1.29, 1.82) is 0 Å². The zero-order chi connectivity index (χ0) is 25.7. The zero-order valence-corrected chi connectivity index (χ0v) is 21.5. The van der Waals surface area contributed by atoms with Crippen molar-refractivity contribution in [3.63, 3.8) is 0 Å². The molecule has 0 aromatic rings. The molecule has 0 aliphatic rings.